The molecule has 0 atom stereocenters. The summed E-state index contributed by atoms with van der Waals surface area (Å²) in [4.78, 5) is 0. The van der Waals surface area contributed by atoms with Gasteiger partial charge in [0.1, 0.15) is 13.2 Å². The summed E-state index contributed by atoms with van der Waals surface area (Å²) in [6, 6.07) is 6.39. The molecule has 19 heavy (non-hydrogen) atoms. The van der Waals surface area contributed by atoms with Gasteiger partial charge in [-0.3, -0.25) is 0 Å². The maximum atomic E-state index is 6.10. The Balaban J connectivity index is 1.64. The SMILES string of the molecule is NCC1(c2ccc3c(c2)OCCO3)CC2(CCC2)C1. The highest BCUT2D eigenvalue weighted by Gasteiger charge is 2.56. The Kier molecular flexibility index (Phi) is 2.37. The zero-order valence-electron chi connectivity index (χ0n) is 11.3. The first kappa shape index (κ1) is 11.6. The molecule has 0 saturated heterocycles. The minimum absolute atomic E-state index is 0.191. The van der Waals surface area contributed by atoms with Crippen LogP contribution in [0.4, 0.5) is 0 Å². The molecule has 102 valence electrons. The zero-order valence-corrected chi connectivity index (χ0v) is 11.3. The van der Waals surface area contributed by atoms with Crippen molar-refractivity contribution in [2.24, 2.45) is 11.1 Å². The molecular formula is C16H21NO2. The van der Waals surface area contributed by atoms with Crippen molar-refractivity contribution in [1.82, 2.24) is 0 Å². The van der Waals surface area contributed by atoms with Crippen LogP contribution in [0.15, 0.2) is 18.2 Å². The van der Waals surface area contributed by atoms with E-state index in [2.05, 4.69) is 12.1 Å². The van der Waals surface area contributed by atoms with E-state index in [1.165, 1.54) is 37.7 Å². The lowest BCUT2D eigenvalue weighted by Crippen LogP contribution is -2.56. The molecule has 1 aromatic carbocycles. The maximum Gasteiger partial charge on any atom is 0.161 e. The third-order valence-electron chi connectivity index (χ3n) is 5.39. The van der Waals surface area contributed by atoms with Gasteiger partial charge in [0, 0.05) is 12.0 Å². The number of fused-ring (bicyclic) bond motifs is 1. The van der Waals surface area contributed by atoms with Gasteiger partial charge in [0.05, 0.1) is 0 Å². The van der Waals surface area contributed by atoms with Crippen LogP contribution in [0, 0.1) is 5.41 Å². The molecule has 0 unspecified atom stereocenters. The van der Waals surface area contributed by atoms with Gasteiger partial charge in [-0.15, -0.1) is 0 Å². The molecule has 2 saturated carbocycles. The highest BCUT2D eigenvalue weighted by Crippen LogP contribution is 2.64. The fraction of sp³-hybridized carbons (Fsp3) is 0.625. The van der Waals surface area contributed by atoms with Crippen LogP contribution in [0.3, 0.4) is 0 Å². The van der Waals surface area contributed by atoms with E-state index in [1.54, 1.807) is 0 Å². The maximum absolute atomic E-state index is 6.10. The van der Waals surface area contributed by atoms with Crippen molar-refractivity contribution < 1.29 is 9.47 Å². The van der Waals surface area contributed by atoms with Crippen molar-refractivity contribution in [3.05, 3.63) is 23.8 Å². The summed E-state index contributed by atoms with van der Waals surface area (Å²) in [7, 11) is 0. The summed E-state index contributed by atoms with van der Waals surface area (Å²) < 4.78 is 11.3. The quantitative estimate of drug-likeness (QED) is 0.888. The van der Waals surface area contributed by atoms with Crippen LogP contribution < -0.4 is 15.2 Å². The van der Waals surface area contributed by atoms with Gasteiger partial charge in [-0.1, -0.05) is 12.5 Å². The Morgan fingerprint density at radius 2 is 1.79 bits per heavy atom. The molecule has 2 fully saturated rings. The highest BCUT2D eigenvalue weighted by atomic mass is 16.6. The monoisotopic (exact) mass is 259 g/mol. The summed E-state index contributed by atoms with van der Waals surface area (Å²) in [6.07, 6.45) is 6.73. The third-order valence-corrected chi connectivity index (χ3v) is 5.39. The number of hydrogen-bond donors (Lipinski definition) is 1. The summed E-state index contributed by atoms with van der Waals surface area (Å²) >= 11 is 0. The lowest BCUT2D eigenvalue weighted by molar-refractivity contribution is -0.0448. The average Bonchev–Trinajstić information content (AvgIpc) is 2.36. The van der Waals surface area contributed by atoms with Crippen molar-refractivity contribution in [3.63, 3.8) is 0 Å². The second-order valence-electron chi connectivity index (χ2n) is 6.55. The second kappa shape index (κ2) is 3.89. The Hall–Kier alpha value is -1.22. The van der Waals surface area contributed by atoms with E-state index in [-0.39, 0.29) is 5.41 Å². The first-order valence-corrected chi connectivity index (χ1v) is 7.36. The predicted octanol–water partition coefficient (Wildman–Crippen LogP) is 2.62. The first-order valence-electron chi connectivity index (χ1n) is 7.36. The van der Waals surface area contributed by atoms with Gasteiger partial charge in [0.15, 0.2) is 11.5 Å². The van der Waals surface area contributed by atoms with E-state index >= 15 is 0 Å². The highest BCUT2D eigenvalue weighted by molar-refractivity contribution is 5.47. The molecule has 1 heterocycles. The lowest BCUT2D eigenvalue weighted by Gasteiger charge is -2.61. The first-order chi connectivity index (χ1) is 9.25. The number of hydrogen-bond acceptors (Lipinski definition) is 3. The summed E-state index contributed by atoms with van der Waals surface area (Å²) in [5.41, 5.74) is 8.27. The van der Waals surface area contributed by atoms with Gasteiger partial charge in [-0.2, -0.15) is 0 Å². The molecule has 3 aliphatic rings. The van der Waals surface area contributed by atoms with Crippen LogP contribution in [-0.2, 0) is 5.41 Å². The molecule has 1 spiro atoms. The smallest absolute Gasteiger partial charge is 0.161 e. The number of nitrogens with two attached hydrogens (primary N) is 1. The summed E-state index contributed by atoms with van der Waals surface area (Å²) in [5, 5.41) is 0. The van der Waals surface area contributed by atoms with Crippen LogP contribution in [0.25, 0.3) is 0 Å². The van der Waals surface area contributed by atoms with Gasteiger partial charge < -0.3 is 15.2 Å². The number of rotatable bonds is 2. The Bertz CT molecular complexity index is 499. The van der Waals surface area contributed by atoms with Crippen molar-refractivity contribution in [3.8, 4) is 11.5 Å². The van der Waals surface area contributed by atoms with Crippen LogP contribution >= 0.6 is 0 Å². The van der Waals surface area contributed by atoms with E-state index in [0.29, 0.717) is 18.6 Å². The molecular weight excluding hydrogens is 238 g/mol. The average molecular weight is 259 g/mol. The summed E-state index contributed by atoms with van der Waals surface area (Å²) in [5.74, 6) is 1.77. The van der Waals surface area contributed by atoms with Crippen molar-refractivity contribution in [1.29, 1.82) is 0 Å². The Morgan fingerprint density at radius 1 is 1.05 bits per heavy atom. The van der Waals surface area contributed by atoms with Gasteiger partial charge in [0.2, 0.25) is 0 Å². The number of ether oxygens (including phenoxy) is 2. The third kappa shape index (κ3) is 1.61. The Labute approximate surface area is 114 Å². The molecule has 0 amide bonds. The minimum Gasteiger partial charge on any atom is -0.486 e. The minimum atomic E-state index is 0.191. The van der Waals surface area contributed by atoms with Gasteiger partial charge in [-0.25, -0.2) is 0 Å². The van der Waals surface area contributed by atoms with Crippen molar-refractivity contribution >= 4 is 0 Å². The van der Waals surface area contributed by atoms with E-state index in [0.717, 1.165) is 18.0 Å². The fourth-order valence-electron chi connectivity index (χ4n) is 4.25. The van der Waals surface area contributed by atoms with Crippen LogP contribution in [0.1, 0.15) is 37.7 Å². The molecule has 3 heteroatoms. The molecule has 0 aromatic heterocycles. The molecule has 1 aliphatic heterocycles. The standard InChI is InChI=1S/C16H21NO2/c17-11-16(9-15(10-16)4-1-5-15)12-2-3-13-14(8-12)19-7-6-18-13/h2-3,8H,1,4-7,9-11,17H2. The van der Waals surface area contributed by atoms with E-state index in [9.17, 15) is 0 Å². The molecule has 1 aromatic rings. The van der Waals surface area contributed by atoms with E-state index in [1.807, 2.05) is 6.07 Å². The van der Waals surface area contributed by atoms with Gasteiger partial charge >= 0.3 is 0 Å². The molecule has 3 nitrogen and oxygen atoms in total. The van der Waals surface area contributed by atoms with Crippen LogP contribution in [0.2, 0.25) is 0 Å². The van der Waals surface area contributed by atoms with Crippen molar-refractivity contribution in [2.75, 3.05) is 19.8 Å². The van der Waals surface area contributed by atoms with Gasteiger partial charge in [0.25, 0.3) is 0 Å². The second-order valence-corrected chi connectivity index (χ2v) is 6.55. The zero-order chi connectivity index (χ0) is 12.9. The molecule has 2 N–H and O–H groups in total. The van der Waals surface area contributed by atoms with Crippen molar-refractivity contribution in [2.45, 2.75) is 37.5 Å². The fourth-order valence-corrected chi connectivity index (χ4v) is 4.25. The molecule has 0 bridgehead atoms. The molecule has 2 aliphatic carbocycles. The molecule has 4 rings (SSSR count). The summed E-state index contributed by atoms with van der Waals surface area (Å²) in [6.45, 7) is 2.04. The van der Waals surface area contributed by atoms with E-state index in [4.69, 9.17) is 15.2 Å². The largest absolute Gasteiger partial charge is 0.486 e. The Morgan fingerprint density at radius 3 is 2.42 bits per heavy atom. The number of benzene rings is 1. The predicted molar refractivity (Wildman–Crippen MR) is 73.7 cm³/mol. The normalized spacial score (nSPS) is 25.5. The lowest BCUT2D eigenvalue weighted by atomic mass is 9.44. The van der Waals surface area contributed by atoms with Gasteiger partial charge in [-0.05, 0) is 48.8 Å². The van der Waals surface area contributed by atoms with Crippen LogP contribution in [-0.4, -0.2) is 19.8 Å². The van der Waals surface area contributed by atoms with E-state index < -0.39 is 0 Å². The van der Waals surface area contributed by atoms with Crippen LogP contribution in [0.5, 0.6) is 11.5 Å². The molecule has 0 radical (unpaired) electrons. The topological polar surface area (TPSA) is 44.5 Å².